The number of pyridine rings is 1. The van der Waals surface area contributed by atoms with Crippen molar-refractivity contribution in [3.8, 4) is 0 Å². The minimum Gasteiger partial charge on any atom is -0.360 e. The predicted molar refractivity (Wildman–Crippen MR) is 76.0 cm³/mol. The van der Waals surface area contributed by atoms with E-state index in [1.165, 1.54) is 6.07 Å². The van der Waals surface area contributed by atoms with Crippen LogP contribution in [0.2, 0.25) is 0 Å². The molecule has 0 bridgehead atoms. The van der Waals surface area contributed by atoms with E-state index in [9.17, 15) is 4.39 Å². The SMILES string of the molecule is Cc1cc(CN2CCN(Cc3ncccc3F)CC2)on1. The van der Waals surface area contributed by atoms with E-state index >= 15 is 0 Å². The summed E-state index contributed by atoms with van der Waals surface area (Å²) in [4.78, 5) is 8.66. The summed E-state index contributed by atoms with van der Waals surface area (Å²) >= 11 is 0. The van der Waals surface area contributed by atoms with Crippen LogP contribution >= 0.6 is 0 Å². The summed E-state index contributed by atoms with van der Waals surface area (Å²) in [5.74, 6) is 0.675. The van der Waals surface area contributed by atoms with Gasteiger partial charge in [-0.25, -0.2) is 4.39 Å². The number of aryl methyl sites for hydroxylation is 1. The predicted octanol–water partition coefficient (Wildman–Crippen LogP) is 1.83. The molecular formula is C15H19FN4O. The molecule has 112 valence electrons. The van der Waals surface area contributed by atoms with Gasteiger partial charge < -0.3 is 4.52 Å². The Kier molecular flexibility index (Phi) is 4.26. The molecule has 0 unspecified atom stereocenters. The third kappa shape index (κ3) is 3.65. The van der Waals surface area contributed by atoms with Gasteiger partial charge in [0.25, 0.3) is 0 Å². The number of rotatable bonds is 4. The summed E-state index contributed by atoms with van der Waals surface area (Å²) in [6.45, 7) is 6.97. The van der Waals surface area contributed by atoms with Crippen LogP contribution in [0.25, 0.3) is 0 Å². The molecule has 0 saturated carbocycles. The Labute approximate surface area is 123 Å². The molecule has 2 aromatic rings. The molecule has 0 amide bonds. The van der Waals surface area contributed by atoms with Gasteiger partial charge in [0.2, 0.25) is 0 Å². The van der Waals surface area contributed by atoms with Crippen LogP contribution in [0, 0.1) is 12.7 Å². The van der Waals surface area contributed by atoms with Crippen LogP contribution in [-0.4, -0.2) is 46.1 Å². The molecule has 1 aliphatic rings. The molecule has 2 aromatic heterocycles. The summed E-state index contributed by atoms with van der Waals surface area (Å²) < 4.78 is 18.8. The van der Waals surface area contributed by atoms with Gasteiger partial charge in [-0.3, -0.25) is 14.8 Å². The van der Waals surface area contributed by atoms with Gasteiger partial charge in [-0.15, -0.1) is 0 Å². The molecule has 1 saturated heterocycles. The van der Waals surface area contributed by atoms with E-state index in [1.54, 1.807) is 12.3 Å². The van der Waals surface area contributed by atoms with Crippen molar-refractivity contribution < 1.29 is 8.91 Å². The molecule has 5 nitrogen and oxygen atoms in total. The molecule has 1 fully saturated rings. The van der Waals surface area contributed by atoms with Crippen molar-refractivity contribution in [2.24, 2.45) is 0 Å². The summed E-state index contributed by atoms with van der Waals surface area (Å²) in [5.41, 5.74) is 1.44. The normalized spacial score (nSPS) is 17.2. The minimum atomic E-state index is -0.225. The van der Waals surface area contributed by atoms with Crippen molar-refractivity contribution in [2.75, 3.05) is 26.2 Å². The third-order valence-electron chi connectivity index (χ3n) is 3.73. The molecule has 0 radical (unpaired) electrons. The summed E-state index contributed by atoms with van der Waals surface area (Å²) in [6, 6.07) is 5.05. The van der Waals surface area contributed by atoms with Crippen molar-refractivity contribution in [2.45, 2.75) is 20.0 Å². The van der Waals surface area contributed by atoms with Gasteiger partial charge in [0.15, 0.2) is 5.76 Å². The smallest absolute Gasteiger partial charge is 0.150 e. The van der Waals surface area contributed by atoms with Gasteiger partial charge in [0.05, 0.1) is 17.9 Å². The van der Waals surface area contributed by atoms with E-state index in [1.807, 2.05) is 13.0 Å². The van der Waals surface area contributed by atoms with Crippen molar-refractivity contribution in [3.63, 3.8) is 0 Å². The summed E-state index contributed by atoms with van der Waals surface area (Å²) in [5, 5.41) is 3.90. The monoisotopic (exact) mass is 290 g/mol. The maximum atomic E-state index is 13.6. The highest BCUT2D eigenvalue weighted by Crippen LogP contribution is 2.12. The zero-order chi connectivity index (χ0) is 14.7. The van der Waals surface area contributed by atoms with Gasteiger partial charge in [0.1, 0.15) is 5.82 Å². The fourth-order valence-electron chi connectivity index (χ4n) is 2.56. The van der Waals surface area contributed by atoms with Gasteiger partial charge in [0, 0.05) is 45.0 Å². The standard InChI is InChI=1S/C15H19FN4O/c1-12-9-13(21-18-12)10-19-5-7-20(8-6-19)11-15-14(16)3-2-4-17-15/h2-4,9H,5-8,10-11H2,1H3. The first-order chi connectivity index (χ1) is 10.2. The van der Waals surface area contributed by atoms with E-state index in [-0.39, 0.29) is 5.82 Å². The lowest BCUT2D eigenvalue weighted by Gasteiger charge is -2.33. The first-order valence-corrected chi connectivity index (χ1v) is 7.17. The Morgan fingerprint density at radius 2 is 1.90 bits per heavy atom. The zero-order valence-electron chi connectivity index (χ0n) is 12.1. The summed E-state index contributed by atoms with van der Waals surface area (Å²) in [7, 11) is 0. The van der Waals surface area contributed by atoms with Crippen LogP contribution in [0.5, 0.6) is 0 Å². The summed E-state index contributed by atoms with van der Waals surface area (Å²) in [6.07, 6.45) is 1.64. The first-order valence-electron chi connectivity index (χ1n) is 7.17. The van der Waals surface area contributed by atoms with Gasteiger partial charge >= 0.3 is 0 Å². The van der Waals surface area contributed by atoms with E-state index in [4.69, 9.17) is 4.52 Å². The largest absolute Gasteiger partial charge is 0.360 e. The Hall–Kier alpha value is -1.79. The Bertz CT molecular complexity index is 593. The molecule has 3 rings (SSSR count). The van der Waals surface area contributed by atoms with Gasteiger partial charge in [-0.2, -0.15) is 0 Å². The molecule has 0 N–H and O–H groups in total. The van der Waals surface area contributed by atoms with E-state index in [0.29, 0.717) is 12.2 Å². The van der Waals surface area contributed by atoms with Crippen LogP contribution in [0.15, 0.2) is 28.9 Å². The number of hydrogen-bond acceptors (Lipinski definition) is 5. The van der Waals surface area contributed by atoms with Gasteiger partial charge in [-0.05, 0) is 19.1 Å². The van der Waals surface area contributed by atoms with E-state index < -0.39 is 0 Å². The number of nitrogens with zero attached hydrogens (tertiary/aromatic N) is 4. The first kappa shape index (κ1) is 14.2. The van der Waals surface area contributed by atoms with Crippen LogP contribution in [0.4, 0.5) is 4.39 Å². The van der Waals surface area contributed by atoms with Crippen LogP contribution in [0.3, 0.4) is 0 Å². The minimum absolute atomic E-state index is 0.225. The topological polar surface area (TPSA) is 45.4 Å². The van der Waals surface area contributed by atoms with Gasteiger partial charge in [-0.1, -0.05) is 5.16 Å². The highest BCUT2D eigenvalue weighted by Gasteiger charge is 2.19. The number of halogens is 1. The quantitative estimate of drug-likeness (QED) is 0.859. The van der Waals surface area contributed by atoms with E-state index in [0.717, 1.165) is 44.2 Å². The van der Waals surface area contributed by atoms with E-state index in [2.05, 4.69) is 19.9 Å². The molecule has 21 heavy (non-hydrogen) atoms. The van der Waals surface area contributed by atoms with Crippen molar-refractivity contribution in [1.82, 2.24) is 19.9 Å². The molecule has 6 heteroatoms. The number of aromatic nitrogens is 2. The Morgan fingerprint density at radius 1 is 1.19 bits per heavy atom. The number of piperazine rings is 1. The second kappa shape index (κ2) is 6.32. The Morgan fingerprint density at radius 3 is 2.52 bits per heavy atom. The van der Waals surface area contributed by atoms with Crippen LogP contribution < -0.4 is 0 Å². The number of hydrogen-bond donors (Lipinski definition) is 0. The molecule has 0 aromatic carbocycles. The van der Waals surface area contributed by atoms with Crippen molar-refractivity contribution in [1.29, 1.82) is 0 Å². The maximum Gasteiger partial charge on any atom is 0.150 e. The average Bonchev–Trinajstić information content (AvgIpc) is 2.89. The molecule has 0 spiro atoms. The van der Waals surface area contributed by atoms with Crippen molar-refractivity contribution >= 4 is 0 Å². The van der Waals surface area contributed by atoms with Crippen molar-refractivity contribution in [3.05, 3.63) is 47.4 Å². The molecule has 1 aliphatic heterocycles. The molecule has 0 aliphatic carbocycles. The molecular weight excluding hydrogens is 271 g/mol. The second-order valence-corrected chi connectivity index (χ2v) is 5.42. The maximum absolute atomic E-state index is 13.6. The highest BCUT2D eigenvalue weighted by atomic mass is 19.1. The fourth-order valence-corrected chi connectivity index (χ4v) is 2.56. The second-order valence-electron chi connectivity index (χ2n) is 5.42. The fraction of sp³-hybridized carbons (Fsp3) is 0.467. The zero-order valence-corrected chi connectivity index (χ0v) is 12.1. The lowest BCUT2D eigenvalue weighted by atomic mass is 10.2. The third-order valence-corrected chi connectivity index (χ3v) is 3.73. The Balaban J connectivity index is 1.50. The lowest BCUT2D eigenvalue weighted by Crippen LogP contribution is -2.45. The molecule has 0 atom stereocenters. The average molecular weight is 290 g/mol. The lowest BCUT2D eigenvalue weighted by molar-refractivity contribution is 0.112. The van der Waals surface area contributed by atoms with Crippen LogP contribution in [0.1, 0.15) is 17.1 Å². The highest BCUT2D eigenvalue weighted by molar-refractivity contribution is 5.07. The van der Waals surface area contributed by atoms with Crippen LogP contribution in [-0.2, 0) is 13.1 Å². The molecule has 3 heterocycles.